The first kappa shape index (κ1) is 2.52. The van der Waals surface area contributed by atoms with Crippen LogP contribution in [0.5, 0.6) is 0 Å². The minimum Gasteiger partial charge on any atom is -0.0502 e. The van der Waals surface area contributed by atoms with Crippen LogP contribution in [0.4, 0.5) is 0 Å². The van der Waals surface area contributed by atoms with Gasteiger partial charge in [0.05, 0.1) is 0 Å². The molecule has 0 amide bonds. The van der Waals surface area contributed by atoms with Crippen LogP contribution in [0.2, 0.25) is 0 Å². The van der Waals surface area contributed by atoms with E-state index < -0.39 is 6.37 Å². The maximum absolute atomic E-state index is 7.63. The van der Waals surface area contributed by atoms with Crippen molar-refractivity contribution in [3.63, 3.8) is 0 Å². The van der Waals surface area contributed by atoms with Crippen LogP contribution in [0, 0.1) is 11.8 Å². The molecule has 0 saturated heterocycles. The van der Waals surface area contributed by atoms with Crippen molar-refractivity contribution in [1.82, 2.24) is 0 Å². The molecule has 0 heteroatoms. The largest absolute Gasteiger partial charge is 0.0502 e. The number of fused-ring (bicyclic) bond motifs is 2. The Morgan fingerprint density at radius 3 is 1.57 bits per heavy atom. The molecule has 2 fully saturated rings. The third-order valence-corrected chi connectivity index (χ3v) is 2.20. The van der Waals surface area contributed by atoms with Crippen molar-refractivity contribution in [2.24, 2.45) is 11.8 Å². The molecule has 2 aliphatic rings. The first-order chi connectivity index (χ1) is 4.21. The van der Waals surface area contributed by atoms with E-state index in [0.717, 1.165) is 25.7 Å². The summed E-state index contributed by atoms with van der Waals surface area (Å²) >= 11 is 0. The van der Waals surface area contributed by atoms with Gasteiger partial charge in [0.25, 0.3) is 0 Å². The molecule has 0 atom stereocenters. The van der Waals surface area contributed by atoms with E-state index >= 15 is 0 Å². The Kier molecular flexibility index (Phi) is 0.446. The van der Waals surface area contributed by atoms with E-state index in [1.165, 1.54) is 0 Å². The van der Waals surface area contributed by atoms with Gasteiger partial charge in [-0.25, -0.2) is 0 Å². The summed E-state index contributed by atoms with van der Waals surface area (Å²) in [5.41, 5.74) is 0. The van der Waals surface area contributed by atoms with Crippen LogP contribution in [0.1, 0.15) is 34.8 Å². The summed E-state index contributed by atoms with van der Waals surface area (Å²) in [6, 6.07) is 0. The summed E-state index contributed by atoms with van der Waals surface area (Å²) in [5.74, 6) is 0.838. The summed E-state index contributed by atoms with van der Waals surface area (Å²) < 4.78 is 15.3. The molecule has 0 aliphatic heterocycles. The van der Waals surface area contributed by atoms with Crippen LogP contribution in [0.15, 0.2) is 0 Å². The monoisotopic (exact) mass is 98.1 g/mol. The zero-order valence-electron chi connectivity index (χ0n) is 6.48. The first-order valence-electron chi connectivity index (χ1n) is 4.21. The molecular formula is C7H12. The second-order valence-electron chi connectivity index (χ2n) is 2.72. The molecule has 0 radical (unpaired) electrons. The van der Waals surface area contributed by atoms with Gasteiger partial charge >= 0.3 is 0 Å². The van der Waals surface area contributed by atoms with Crippen LogP contribution < -0.4 is 0 Å². The summed E-state index contributed by atoms with van der Waals surface area (Å²) in [6.07, 6.45) is 3.82. The standard InChI is InChI=1S/C7H12/c1-2-7-4-3-6(1)5-7/h6-7H,1-5H2/i5D2. The Morgan fingerprint density at radius 2 is 1.43 bits per heavy atom. The molecule has 0 aromatic rings. The lowest BCUT2D eigenvalue weighted by Gasteiger charge is -2.05. The smallest absolute Gasteiger partial charge is 0.0272 e. The highest BCUT2D eigenvalue weighted by atomic mass is 14.4. The topological polar surface area (TPSA) is 0 Å². The fourth-order valence-electron chi connectivity index (χ4n) is 1.76. The third-order valence-electron chi connectivity index (χ3n) is 2.20. The molecular weight excluding hydrogens is 84.1 g/mol. The molecule has 0 N–H and O–H groups in total. The Bertz CT molecular complexity index is 109. The van der Waals surface area contributed by atoms with E-state index in [9.17, 15) is 0 Å². The van der Waals surface area contributed by atoms with Gasteiger partial charge < -0.3 is 0 Å². The average molecular weight is 98.2 g/mol. The van der Waals surface area contributed by atoms with Crippen molar-refractivity contribution in [1.29, 1.82) is 0 Å². The minimum atomic E-state index is -0.778. The predicted octanol–water partition coefficient (Wildman–Crippen LogP) is 2.20. The van der Waals surface area contributed by atoms with Gasteiger partial charge in [0.15, 0.2) is 0 Å². The van der Waals surface area contributed by atoms with E-state index in [1.54, 1.807) is 0 Å². The maximum Gasteiger partial charge on any atom is 0.0272 e. The van der Waals surface area contributed by atoms with Crippen LogP contribution in [0.25, 0.3) is 0 Å². The highest BCUT2D eigenvalue weighted by Gasteiger charge is 2.30. The molecule has 2 saturated carbocycles. The van der Waals surface area contributed by atoms with Crippen molar-refractivity contribution in [2.75, 3.05) is 0 Å². The van der Waals surface area contributed by atoms with Gasteiger partial charge in [-0.1, -0.05) is 25.7 Å². The number of rotatable bonds is 0. The van der Waals surface area contributed by atoms with Crippen LogP contribution in [-0.4, -0.2) is 0 Å². The molecule has 0 heterocycles. The van der Waals surface area contributed by atoms with Crippen LogP contribution in [-0.2, 0) is 0 Å². The van der Waals surface area contributed by atoms with Gasteiger partial charge in [0, 0.05) is 2.74 Å². The van der Waals surface area contributed by atoms with E-state index in [0.29, 0.717) is 11.8 Å². The average Bonchev–Trinajstić information content (AvgIpc) is 2.24. The lowest BCUT2D eigenvalue weighted by atomic mass is 10.0. The second-order valence-corrected chi connectivity index (χ2v) is 2.72. The highest BCUT2D eigenvalue weighted by molar-refractivity contribution is 4.82. The quantitative estimate of drug-likeness (QED) is 0.435. The molecule has 2 aliphatic carbocycles. The van der Waals surface area contributed by atoms with E-state index in [-0.39, 0.29) is 0 Å². The molecule has 7 heavy (non-hydrogen) atoms. The summed E-state index contributed by atoms with van der Waals surface area (Å²) in [4.78, 5) is 0. The summed E-state index contributed by atoms with van der Waals surface area (Å²) in [5, 5.41) is 0. The molecule has 0 aromatic heterocycles. The Balaban J connectivity index is 2.26. The van der Waals surface area contributed by atoms with E-state index in [2.05, 4.69) is 0 Å². The van der Waals surface area contributed by atoms with Crippen molar-refractivity contribution in [3.8, 4) is 0 Å². The van der Waals surface area contributed by atoms with Crippen molar-refractivity contribution >= 4 is 0 Å². The molecule has 0 unspecified atom stereocenters. The molecule has 0 spiro atoms. The third kappa shape index (κ3) is 0.490. The Morgan fingerprint density at radius 1 is 1.00 bits per heavy atom. The van der Waals surface area contributed by atoms with E-state index in [4.69, 9.17) is 2.74 Å². The first-order valence-corrected chi connectivity index (χ1v) is 3.21. The SMILES string of the molecule is [2H]C1([2H])C2CCC1CC2. The maximum atomic E-state index is 7.63. The summed E-state index contributed by atoms with van der Waals surface area (Å²) in [7, 11) is 0. The van der Waals surface area contributed by atoms with Gasteiger partial charge in [0.1, 0.15) is 0 Å². The fourth-order valence-corrected chi connectivity index (χ4v) is 1.76. The lowest BCUT2D eigenvalue weighted by molar-refractivity contribution is 0.480. The van der Waals surface area contributed by atoms with Gasteiger partial charge in [-0.3, -0.25) is 0 Å². The van der Waals surface area contributed by atoms with Crippen LogP contribution >= 0.6 is 0 Å². The molecule has 40 valence electrons. The number of hydrogen-bond acceptors (Lipinski definition) is 0. The Hall–Kier alpha value is 0. The minimum absolute atomic E-state index is 0.419. The Labute approximate surface area is 47.7 Å². The second kappa shape index (κ2) is 1.24. The molecule has 2 rings (SSSR count). The van der Waals surface area contributed by atoms with Gasteiger partial charge in [-0.05, 0) is 18.2 Å². The van der Waals surface area contributed by atoms with Crippen molar-refractivity contribution < 1.29 is 2.74 Å². The highest BCUT2D eigenvalue weighted by Crippen LogP contribution is 2.43. The lowest BCUT2D eigenvalue weighted by Crippen LogP contribution is -1.90. The normalized spacial score (nSPS) is 59.4. The number of hydrogen-bond donors (Lipinski definition) is 0. The van der Waals surface area contributed by atoms with Crippen LogP contribution in [0.3, 0.4) is 0 Å². The van der Waals surface area contributed by atoms with Crippen molar-refractivity contribution in [2.45, 2.75) is 32.1 Å². The summed E-state index contributed by atoms with van der Waals surface area (Å²) in [6.45, 7) is 0. The predicted molar refractivity (Wildman–Crippen MR) is 30.1 cm³/mol. The molecule has 2 bridgehead atoms. The van der Waals surface area contributed by atoms with Gasteiger partial charge in [-0.15, -0.1) is 0 Å². The van der Waals surface area contributed by atoms with Gasteiger partial charge in [0.2, 0.25) is 0 Å². The zero-order valence-corrected chi connectivity index (χ0v) is 4.48. The molecule has 0 nitrogen and oxygen atoms in total. The van der Waals surface area contributed by atoms with Gasteiger partial charge in [-0.2, -0.15) is 0 Å². The van der Waals surface area contributed by atoms with Crippen molar-refractivity contribution in [3.05, 3.63) is 0 Å². The zero-order chi connectivity index (χ0) is 6.48. The van der Waals surface area contributed by atoms with E-state index in [1.807, 2.05) is 0 Å². The fraction of sp³-hybridized carbons (Fsp3) is 1.00. The molecule has 0 aromatic carbocycles.